The third kappa shape index (κ3) is 5.98. The van der Waals surface area contributed by atoms with Crippen molar-refractivity contribution in [3.63, 3.8) is 0 Å². The van der Waals surface area contributed by atoms with Crippen LogP contribution in [0.4, 0.5) is 0 Å². The summed E-state index contributed by atoms with van der Waals surface area (Å²) < 4.78 is 32.6. The van der Waals surface area contributed by atoms with Gasteiger partial charge in [0.05, 0.1) is 12.0 Å². The van der Waals surface area contributed by atoms with Gasteiger partial charge in [0.1, 0.15) is 5.75 Å². The summed E-state index contributed by atoms with van der Waals surface area (Å²) in [6, 6.07) is 15.3. The van der Waals surface area contributed by atoms with Gasteiger partial charge in [-0.15, -0.1) is 0 Å². The number of rotatable bonds is 7. The summed E-state index contributed by atoms with van der Waals surface area (Å²) in [5.74, 6) is 0.815. The second-order valence-electron chi connectivity index (χ2n) is 9.40. The SMILES string of the molecule is COc1cccc(CN2CCC(NC(=O)C3CCN(S(=O)(=O)c4ccc(C)cc4)CC3)CC2)c1. The maximum atomic E-state index is 12.9. The van der Waals surface area contributed by atoms with Gasteiger partial charge in [0.25, 0.3) is 0 Å². The first kappa shape index (κ1) is 24.7. The lowest BCUT2D eigenvalue weighted by atomic mass is 9.95. The summed E-state index contributed by atoms with van der Waals surface area (Å²) in [5, 5.41) is 3.23. The molecule has 0 saturated carbocycles. The molecule has 0 radical (unpaired) electrons. The lowest BCUT2D eigenvalue weighted by molar-refractivity contribution is -0.127. The number of nitrogens with zero attached hydrogens (tertiary/aromatic N) is 2. The maximum absolute atomic E-state index is 12.9. The summed E-state index contributed by atoms with van der Waals surface area (Å²) in [6.45, 7) is 5.46. The van der Waals surface area contributed by atoms with Crippen molar-refractivity contribution in [2.24, 2.45) is 5.92 Å². The lowest BCUT2D eigenvalue weighted by Crippen LogP contribution is -2.48. The van der Waals surface area contributed by atoms with Gasteiger partial charge in [-0.3, -0.25) is 9.69 Å². The van der Waals surface area contributed by atoms with E-state index in [0.717, 1.165) is 43.8 Å². The number of sulfonamides is 1. The molecule has 2 aliphatic heterocycles. The zero-order valence-electron chi connectivity index (χ0n) is 20.1. The molecule has 0 spiro atoms. The summed E-state index contributed by atoms with van der Waals surface area (Å²) in [4.78, 5) is 15.6. The number of ether oxygens (including phenoxy) is 1. The molecule has 4 rings (SSSR count). The molecule has 1 N–H and O–H groups in total. The van der Waals surface area contributed by atoms with Gasteiger partial charge in [0, 0.05) is 44.7 Å². The fourth-order valence-corrected chi connectivity index (χ4v) is 6.27. The normalized spacial score (nSPS) is 19.1. The Hall–Kier alpha value is -2.42. The molecule has 184 valence electrons. The molecule has 0 atom stereocenters. The van der Waals surface area contributed by atoms with Crippen LogP contribution in [0.5, 0.6) is 5.75 Å². The Morgan fingerprint density at radius 3 is 2.32 bits per heavy atom. The first-order valence-electron chi connectivity index (χ1n) is 12.1. The van der Waals surface area contributed by atoms with Crippen molar-refractivity contribution in [3.05, 3.63) is 59.7 Å². The zero-order chi connectivity index (χ0) is 24.1. The second kappa shape index (κ2) is 10.9. The van der Waals surface area contributed by atoms with Crippen molar-refractivity contribution < 1.29 is 17.9 Å². The molecule has 2 saturated heterocycles. The number of nitrogens with one attached hydrogen (secondary N) is 1. The number of piperidine rings is 2. The van der Waals surface area contributed by atoms with E-state index in [-0.39, 0.29) is 17.9 Å². The number of aryl methyl sites for hydroxylation is 1. The van der Waals surface area contributed by atoms with E-state index in [9.17, 15) is 13.2 Å². The van der Waals surface area contributed by atoms with Gasteiger partial charge in [-0.2, -0.15) is 4.31 Å². The minimum atomic E-state index is -3.50. The molecule has 2 aromatic carbocycles. The van der Waals surface area contributed by atoms with Crippen LogP contribution in [0, 0.1) is 12.8 Å². The predicted octanol–water partition coefficient (Wildman–Crippen LogP) is 3.19. The Morgan fingerprint density at radius 2 is 1.68 bits per heavy atom. The minimum absolute atomic E-state index is 0.0682. The van der Waals surface area contributed by atoms with Crippen molar-refractivity contribution >= 4 is 15.9 Å². The number of methoxy groups -OCH3 is 1. The monoisotopic (exact) mass is 485 g/mol. The number of carbonyl (C=O) groups is 1. The molecule has 2 fully saturated rings. The molecule has 1 amide bonds. The molecule has 0 bridgehead atoms. The van der Waals surface area contributed by atoms with Crippen molar-refractivity contribution in [2.45, 2.75) is 50.1 Å². The van der Waals surface area contributed by atoms with E-state index in [1.54, 1.807) is 19.2 Å². The average Bonchev–Trinajstić information content (AvgIpc) is 2.85. The minimum Gasteiger partial charge on any atom is -0.497 e. The smallest absolute Gasteiger partial charge is 0.243 e. The van der Waals surface area contributed by atoms with Crippen LogP contribution in [0.1, 0.15) is 36.8 Å². The number of amides is 1. The fourth-order valence-electron chi connectivity index (χ4n) is 4.80. The molecular weight excluding hydrogens is 450 g/mol. The molecule has 0 aliphatic carbocycles. The van der Waals surface area contributed by atoms with E-state index in [1.807, 2.05) is 31.2 Å². The largest absolute Gasteiger partial charge is 0.497 e. The van der Waals surface area contributed by atoms with Crippen molar-refractivity contribution in [1.82, 2.24) is 14.5 Å². The Morgan fingerprint density at radius 1 is 1.00 bits per heavy atom. The van der Waals surface area contributed by atoms with Crippen LogP contribution >= 0.6 is 0 Å². The highest BCUT2D eigenvalue weighted by Crippen LogP contribution is 2.25. The number of likely N-dealkylation sites (tertiary alicyclic amines) is 1. The van der Waals surface area contributed by atoms with Gasteiger partial charge < -0.3 is 10.1 Å². The lowest BCUT2D eigenvalue weighted by Gasteiger charge is -2.34. The van der Waals surface area contributed by atoms with Crippen molar-refractivity contribution in [2.75, 3.05) is 33.3 Å². The standard InChI is InChI=1S/C26H35N3O4S/c1-20-6-8-25(9-7-20)34(31,32)29-16-10-22(11-17-29)26(30)27-23-12-14-28(15-13-23)19-21-4-3-5-24(18-21)33-2/h3-9,18,22-23H,10-17,19H2,1-2H3,(H,27,30). The summed E-state index contributed by atoms with van der Waals surface area (Å²) >= 11 is 0. The first-order chi connectivity index (χ1) is 16.3. The Kier molecular flexibility index (Phi) is 7.91. The summed E-state index contributed by atoms with van der Waals surface area (Å²) in [6.07, 6.45) is 2.98. The van der Waals surface area contributed by atoms with E-state index in [0.29, 0.717) is 30.8 Å². The fraction of sp³-hybridized carbons (Fsp3) is 0.500. The highest BCUT2D eigenvalue weighted by Gasteiger charge is 2.33. The second-order valence-corrected chi connectivity index (χ2v) is 11.3. The van der Waals surface area contributed by atoms with Crippen LogP contribution in [0.2, 0.25) is 0 Å². The number of benzene rings is 2. The molecule has 34 heavy (non-hydrogen) atoms. The zero-order valence-corrected chi connectivity index (χ0v) is 20.9. The molecule has 0 aromatic heterocycles. The first-order valence-corrected chi connectivity index (χ1v) is 13.5. The highest BCUT2D eigenvalue weighted by atomic mass is 32.2. The van der Waals surface area contributed by atoms with E-state index in [1.165, 1.54) is 9.87 Å². The van der Waals surface area contributed by atoms with E-state index in [2.05, 4.69) is 22.3 Å². The van der Waals surface area contributed by atoms with Crippen LogP contribution in [0.15, 0.2) is 53.4 Å². The Balaban J connectivity index is 1.22. The average molecular weight is 486 g/mol. The molecule has 2 heterocycles. The Bertz CT molecular complexity index is 1070. The molecule has 8 heteroatoms. The Labute approximate surface area is 203 Å². The molecular formula is C26H35N3O4S. The molecule has 0 unspecified atom stereocenters. The number of hydrogen-bond acceptors (Lipinski definition) is 5. The summed E-state index contributed by atoms with van der Waals surface area (Å²) in [5.41, 5.74) is 2.26. The van der Waals surface area contributed by atoms with Gasteiger partial charge in [-0.1, -0.05) is 29.8 Å². The van der Waals surface area contributed by atoms with Crippen LogP contribution in [-0.4, -0.2) is 62.9 Å². The molecule has 2 aliphatic rings. The van der Waals surface area contributed by atoms with Crippen LogP contribution in [0.3, 0.4) is 0 Å². The van der Waals surface area contributed by atoms with Crippen molar-refractivity contribution in [3.8, 4) is 5.75 Å². The maximum Gasteiger partial charge on any atom is 0.243 e. The quantitative estimate of drug-likeness (QED) is 0.652. The van der Waals surface area contributed by atoms with Gasteiger partial charge >= 0.3 is 0 Å². The van der Waals surface area contributed by atoms with Gasteiger partial charge in [-0.25, -0.2) is 8.42 Å². The van der Waals surface area contributed by atoms with Gasteiger partial charge in [0.2, 0.25) is 15.9 Å². The third-order valence-electron chi connectivity index (χ3n) is 6.96. The molecule has 2 aromatic rings. The van der Waals surface area contributed by atoms with Crippen LogP contribution < -0.4 is 10.1 Å². The van der Waals surface area contributed by atoms with E-state index >= 15 is 0 Å². The van der Waals surface area contributed by atoms with Gasteiger partial charge in [-0.05, 0) is 62.4 Å². The van der Waals surface area contributed by atoms with Crippen LogP contribution in [0.25, 0.3) is 0 Å². The predicted molar refractivity (Wildman–Crippen MR) is 132 cm³/mol. The van der Waals surface area contributed by atoms with Crippen LogP contribution in [-0.2, 0) is 21.4 Å². The summed E-state index contributed by atoms with van der Waals surface area (Å²) in [7, 11) is -1.82. The van der Waals surface area contributed by atoms with Gasteiger partial charge in [0.15, 0.2) is 0 Å². The third-order valence-corrected chi connectivity index (χ3v) is 8.87. The number of carbonyl (C=O) groups excluding carboxylic acids is 1. The van der Waals surface area contributed by atoms with Crippen molar-refractivity contribution in [1.29, 1.82) is 0 Å². The van der Waals surface area contributed by atoms with E-state index < -0.39 is 10.0 Å². The highest BCUT2D eigenvalue weighted by molar-refractivity contribution is 7.89. The molecule has 7 nitrogen and oxygen atoms in total. The van der Waals surface area contributed by atoms with E-state index in [4.69, 9.17) is 4.74 Å². The topological polar surface area (TPSA) is 79.0 Å². The number of hydrogen-bond donors (Lipinski definition) is 1.